The molecule has 3 rings (SSSR count). The van der Waals surface area contributed by atoms with Gasteiger partial charge in [-0.05, 0) is 11.6 Å². The van der Waals surface area contributed by atoms with Crippen molar-refractivity contribution in [2.75, 3.05) is 0 Å². The number of benzene rings is 2. The molecule has 0 bridgehead atoms. The van der Waals surface area contributed by atoms with Crippen LogP contribution in [0.1, 0.15) is 18.6 Å². The topological polar surface area (TPSA) is 95.7 Å². The van der Waals surface area contributed by atoms with Crippen LogP contribution in [0.15, 0.2) is 66.2 Å². The predicted octanol–water partition coefficient (Wildman–Crippen LogP) is 2.65. The molecule has 2 aromatic carbocycles. The number of ether oxygens (including phenoxy) is 1. The summed E-state index contributed by atoms with van der Waals surface area (Å²) in [6.07, 6.45) is -2.31. The first-order valence-corrected chi connectivity index (χ1v) is 9.13. The van der Waals surface area contributed by atoms with Crippen molar-refractivity contribution in [3.63, 3.8) is 0 Å². The zero-order chi connectivity index (χ0) is 18.9. The van der Waals surface area contributed by atoms with E-state index in [4.69, 9.17) is 27.6 Å². The van der Waals surface area contributed by atoms with Gasteiger partial charge < -0.3 is 14.7 Å². The summed E-state index contributed by atoms with van der Waals surface area (Å²) >= 11 is 6.02. The minimum absolute atomic E-state index is 0.0358. The van der Waals surface area contributed by atoms with Crippen molar-refractivity contribution in [2.24, 2.45) is 5.73 Å². The molecule has 1 unspecified atom stereocenters. The number of halogens is 1. The van der Waals surface area contributed by atoms with E-state index in [9.17, 15) is 13.2 Å². The lowest BCUT2D eigenvalue weighted by molar-refractivity contribution is -0.123. The first kappa shape index (κ1) is 16.0. The number of nitrogens with two attached hydrogens (primary N) is 1. The van der Waals surface area contributed by atoms with Crippen LogP contribution in [-0.2, 0) is 29.6 Å². The van der Waals surface area contributed by atoms with E-state index in [0.29, 0.717) is 5.56 Å². The van der Waals surface area contributed by atoms with Crippen LogP contribution >= 0.6 is 11.6 Å². The fourth-order valence-electron chi connectivity index (χ4n) is 2.25. The highest BCUT2D eigenvalue weighted by molar-refractivity contribution is 7.86. The van der Waals surface area contributed by atoms with Gasteiger partial charge in [0.1, 0.15) is 5.75 Å². The van der Waals surface area contributed by atoms with Gasteiger partial charge in [0.05, 0.1) is 1.37 Å². The molecule has 2 aromatic rings. The number of Topliss-reactive ketones (excluding diaryl/α,β-unsaturated/α-hetero) is 1. The van der Waals surface area contributed by atoms with Gasteiger partial charge in [-0.15, -0.1) is 0 Å². The lowest BCUT2D eigenvalue weighted by Crippen LogP contribution is -2.16. The average Bonchev–Trinajstić information content (AvgIpc) is 2.79. The molecule has 1 aliphatic rings. The SMILES string of the molecule is [2H]C1(c2ccccc2Cl)OC(N)=C(OS(=O)(=O)Cc2ccccc2)C1=O. The van der Waals surface area contributed by atoms with E-state index in [1.165, 1.54) is 12.1 Å². The second-order valence-electron chi connectivity index (χ2n) is 5.20. The number of carbonyl (C=O) groups excluding carboxylic acids is 1. The Bertz CT molecular complexity index is 993. The zero-order valence-electron chi connectivity index (χ0n) is 13.8. The highest BCUT2D eigenvalue weighted by Gasteiger charge is 2.40. The Morgan fingerprint density at radius 1 is 1.16 bits per heavy atom. The predicted molar refractivity (Wildman–Crippen MR) is 91.6 cm³/mol. The van der Waals surface area contributed by atoms with Gasteiger partial charge in [0.15, 0.2) is 6.08 Å². The summed E-state index contributed by atoms with van der Waals surface area (Å²) in [5, 5.41) is 0.108. The van der Waals surface area contributed by atoms with E-state index >= 15 is 0 Å². The Kier molecular flexibility index (Phi) is 4.33. The van der Waals surface area contributed by atoms with Gasteiger partial charge in [0.2, 0.25) is 17.4 Å². The summed E-state index contributed by atoms with van der Waals surface area (Å²) in [7, 11) is -4.18. The second kappa shape index (κ2) is 6.78. The number of rotatable bonds is 5. The highest BCUT2D eigenvalue weighted by atomic mass is 35.5. The van der Waals surface area contributed by atoms with Crippen LogP contribution in [0.25, 0.3) is 0 Å². The Morgan fingerprint density at radius 3 is 2.48 bits per heavy atom. The Hall–Kier alpha value is -2.51. The van der Waals surface area contributed by atoms with Crippen LogP contribution < -0.4 is 5.73 Å². The van der Waals surface area contributed by atoms with Crippen LogP contribution in [0.3, 0.4) is 0 Å². The minimum atomic E-state index is -4.18. The molecule has 1 aliphatic heterocycles. The van der Waals surface area contributed by atoms with Crippen LogP contribution in [-0.4, -0.2) is 14.2 Å². The molecular formula is C17H14ClNO5S. The van der Waals surface area contributed by atoms with Crippen molar-refractivity contribution in [3.05, 3.63) is 82.4 Å². The first-order valence-electron chi connectivity index (χ1n) is 7.67. The molecule has 0 aromatic heterocycles. The number of hydrogen-bond acceptors (Lipinski definition) is 6. The quantitative estimate of drug-likeness (QED) is 0.801. The van der Waals surface area contributed by atoms with Gasteiger partial charge in [0.25, 0.3) is 0 Å². The molecule has 0 aliphatic carbocycles. The molecule has 0 amide bonds. The molecule has 8 heteroatoms. The Labute approximate surface area is 151 Å². The smallest absolute Gasteiger partial charge is 0.313 e. The fraction of sp³-hybridized carbons (Fsp3) is 0.118. The van der Waals surface area contributed by atoms with Crippen molar-refractivity contribution in [1.82, 2.24) is 0 Å². The molecule has 2 N–H and O–H groups in total. The Morgan fingerprint density at radius 2 is 1.80 bits per heavy atom. The maximum absolute atomic E-state index is 12.6. The first-order chi connectivity index (χ1) is 12.2. The third-order valence-electron chi connectivity index (χ3n) is 3.36. The molecule has 1 atom stereocenters. The van der Waals surface area contributed by atoms with E-state index in [2.05, 4.69) is 0 Å². The summed E-state index contributed by atoms with van der Waals surface area (Å²) in [4.78, 5) is 12.6. The van der Waals surface area contributed by atoms with Crippen LogP contribution in [0.4, 0.5) is 0 Å². The van der Waals surface area contributed by atoms with Gasteiger partial charge in [-0.25, -0.2) is 0 Å². The van der Waals surface area contributed by atoms with E-state index in [1.54, 1.807) is 42.5 Å². The zero-order valence-corrected chi connectivity index (χ0v) is 14.4. The number of hydrogen-bond donors (Lipinski definition) is 1. The monoisotopic (exact) mass is 380 g/mol. The second-order valence-corrected chi connectivity index (χ2v) is 7.18. The standard InChI is InChI=1S/C17H14ClNO5S/c18-13-9-5-4-8-12(13)15-14(20)16(17(19)23-15)24-25(21,22)10-11-6-2-1-3-7-11/h1-9,15H,10,19H2/i15D. The van der Waals surface area contributed by atoms with Crippen molar-refractivity contribution < 1.29 is 23.5 Å². The summed E-state index contributed by atoms with van der Waals surface area (Å²) in [6.45, 7) is 0. The molecule has 0 spiro atoms. The van der Waals surface area contributed by atoms with E-state index in [1.807, 2.05) is 0 Å². The van der Waals surface area contributed by atoms with Crippen LogP contribution in [0.5, 0.6) is 0 Å². The number of carbonyl (C=O) groups is 1. The molecule has 1 heterocycles. The lowest BCUT2D eigenvalue weighted by Gasteiger charge is -2.11. The van der Waals surface area contributed by atoms with Gasteiger partial charge in [-0.2, -0.15) is 8.42 Å². The summed E-state index contributed by atoms with van der Waals surface area (Å²) < 4.78 is 42.8. The third kappa shape index (κ3) is 3.78. The van der Waals surface area contributed by atoms with Crippen molar-refractivity contribution in [2.45, 2.75) is 11.8 Å². The Balaban J connectivity index is 1.86. The van der Waals surface area contributed by atoms with E-state index in [-0.39, 0.29) is 10.6 Å². The highest BCUT2D eigenvalue weighted by Crippen LogP contribution is 2.35. The third-order valence-corrected chi connectivity index (χ3v) is 4.80. The average molecular weight is 381 g/mol. The minimum Gasteiger partial charge on any atom is -0.460 e. The van der Waals surface area contributed by atoms with Gasteiger partial charge in [-0.1, -0.05) is 60.1 Å². The molecule has 6 nitrogen and oxygen atoms in total. The van der Waals surface area contributed by atoms with Crippen molar-refractivity contribution >= 4 is 27.5 Å². The van der Waals surface area contributed by atoms with Crippen molar-refractivity contribution in [3.8, 4) is 0 Å². The van der Waals surface area contributed by atoms with Crippen LogP contribution in [0.2, 0.25) is 5.02 Å². The largest absolute Gasteiger partial charge is 0.460 e. The molecule has 0 radical (unpaired) electrons. The van der Waals surface area contributed by atoms with E-state index in [0.717, 1.165) is 0 Å². The number of ketones is 1. The summed E-state index contributed by atoms with van der Waals surface area (Å²) in [6, 6.07) is 14.4. The molecule has 0 fully saturated rings. The van der Waals surface area contributed by atoms with Crippen LogP contribution in [0, 0.1) is 0 Å². The fourth-order valence-corrected chi connectivity index (χ4v) is 3.55. The molecule has 0 saturated carbocycles. The van der Waals surface area contributed by atoms with Gasteiger partial charge >= 0.3 is 10.1 Å². The van der Waals surface area contributed by atoms with Gasteiger partial charge in [0, 0.05) is 10.6 Å². The van der Waals surface area contributed by atoms with Crippen molar-refractivity contribution in [1.29, 1.82) is 0 Å². The maximum atomic E-state index is 12.6. The summed E-state index contributed by atoms with van der Waals surface area (Å²) in [5.74, 6) is -2.81. The molecule has 25 heavy (non-hydrogen) atoms. The maximum Gasteiger partial charge on any atom is 0.313 e. The summed E-state index contributed by atoms with van der Waals surface area (Å²) in [5.41, 5.74) is 6.13. The van der Waals surface area contributed by atoms with Gasteiger partial charge in [-0.3, -0.25) is 4.79 Å². The molecule has 0 saturated heterocycles. The molecule has 130 valence electrons. The van der Waals surface area contributed by atoms with E-state index < -0.39 is 39.4 Å². The normalized spacial score (nSPS) is 21.0. The lowest BCUT2D eigenvalue weighted by atomic mass is 10.1. The molecular weight excluding hydrogens is 366 g/mol.